The molecule has 0 aliphatic heterocycles. The molecule has 0 rings (SSSR count). The van der Waals surface area contributed by atoms with Crippen molar-refractivity contribution in [2.45, 2.75) is 38.5 Å². The summed E-state index contributed by atoms with van der Waals surface area (Å²) in [5, 5.41) is 32.6. The van der Waals surface area contributed by atoms with Crippen LogP contribution in [0.4, 0.5) is 0 Å². The van der Waals surface area contributed by atoms with Crippen molar-refractivity contribution in [3.05, 3.63) is 0 Å². The predicted octanol–water partition coefficient (Wildman–Crippen LogP) is -2.67. The van der Waals surface area contributed by atoms with Crippen LogP contribution in [0.5, 0.6) is 0 Å². The average Bonchev–Trinajstić information content (AvgIpc) is 2.00. The second-order valence-corrected chi connectivity index (χ2v) is 3.81. The van der Waals surface area contributed by atoms with Crippen molar-refractivity contribution in [2.75, 3.05) is 0 Å². The fraction of sp³-hybridized carbons (Fsp3) is 1.00. The lowest BCUT2D eigenvalue weighted by Crippen LogP contribution is -2.37. The molecule has 0 bridgehead atoms. The van der Waals surface area contributed by atoms with Crippen molar-refractivity contribution < 1.29 is 37.9 Å². The molecule has 11 heteroatoms. The molecule has 0 amide bonds. The summed E-state index contributed by atoms with van der Waals surface area (Å²) >= 11 is 0. The van der Waals surface area contributed by atoms with Crippen LogP contribution in [0, 0.1) is 0 Å². The fourth-order valence-electron chi connectivity index (χ4n) is 0. The van der Waals surface area contributed by atoms with E-state index in [0.717, 1.165) is 0 Å². The zero-order valence-electron chi connectivity index (χ0n) is 9.48. The molecule has 0 radical (unpaired) electrons. The lowest BCUT2D eigenvalue weighted by molar-refractivity contribution is -0.157. The van der Waals surface area contributed by atoms with Crippen LogP contribution >= 0.6 is 0 Å². The maximum Gasteiger partial charge on any atom is 0.394 e. The van der Waals surface area contributed by atoms with Crippen LogP contribution in [0.2, 0.25) is 0 Å². The summed E-state index contributed by atoms with van der Waals surface area (Å²) in [6.45, 7) is 3.17. The molecule has 0 atom stereocenters. The van der Waals surface area contributed by atoms with Crippen LogP contribution in [-0.4, -0.2) is 49.8 Å². The highest BCUT2D eigenvalue weighted by Crippen LogP contribution is 1.91. The summed E-state index contributed by atoms with van der Waals surface area (Å²) in [5.74, 6) is -3.92. The largest absolute Gasteiger partial charge is 0.394 e. The number of aliphatic hydroxyl groups is 4. The maximum absolute atomic E-state index is 8.74. The molecule has 10 N–H and O–H groups in total. The number of rotatable bonds is 2. The number of hydrogen-bond acceptors (Lipinski definition) is 8. The van der Waals surface area contributed by atoms with Gasteiger partial charge in [0.1, 0.15) is 0 Å². The second kappa shape index (κ2) is 8.68. The first kappa shape index (κ1) is 21.9. The standard InChI is InChI=1S/2C3H9NO2.H2O4S/c2*1-2-3(4,5)6;1-5(2,3)4/h2*5-6H,2,4H2,1H3;(H2,1,2,3,4). The second-order valence-electron chi connectivity index (χ2n) is 2.91. The van der Waals surface area contributed by atoms with E-state index in [1.54, 1.807) is 13.8 Å². The molecule has 0 unspecified atom stereocenters. The Bertz CT molecular complexity index is 243. The zero-order valence-corrected chi connectivity index (χ0v) is 10.3. The van der Waals surface area contributed by atoms with E-state index in [1.807, 2.05) is 0 Å². The third-order valence-corrected chi connectivity index (χ3v) is 1.04. The molecule has 0 saturated carbocycles. The summed E-state index contributed by atoms with van der Waals surface area (Å²) in [4.78, 5) is 0. The molecule has 0 aliphatic rings. The van der Waals surface area contributed by atoms with Gasteiger partial charge in [0.25, 0.3) is 0 Å². The van der Waals surface area contributed by atoms with Gasteiger partial charge in [0.05, 0.1) is 0 Å². The molecule has 0 aromatic carbocycles. The highest BCUT2D eigenvalue weighted by Gasteiger charge is 2.09. The summed E-state index contributed by atoms with van der Waals surface area (Å²) in [5.41, 5.74) is 9.29. The monoisotopic (exact) mass is 280 g/mol. The van der Waals surface area contributed by atoms with E-state index in [4.69, 9.17) is 37.9 Å². The van der Waals surface area contributed by atoms with Crippen LogP contribution in [0.1, 0.15) is 26.7 Å². The lowest BCUT2D eigenvalue weighted by Gasteiger charge is -2.10. The van der Waals surface area contributed by atoms with Gasteiger partial charge in [-0.3, -0.25) is 20.6 Å². The predicted molar refractivity (Wildman–Crippen MR) is 57.5 cm³/mol. The minimum atomic E-state index is -4.67. The lowest BCUT2D eigenvalue weighted by atomic mass is 10.4. The summed E-state index contributed by atoms with van der Waals surface area (Å²) in [6.07, 6.45) is 0.319. The van der Waals surface area contributed by atoms with E-state index < -0.39 is 22.2 Å². The van der Waals surface area contributed by atoms with Gasteiger partial charge in [-0.25, -0.2) is 0 Å². The van der Waals surface area contributed by atoms with E-state index in [0.29, 0.717) is 0 Å². The number of hydrogen-bond donors (Lipinski definition) is 8. The van der Waals surface area contributed by atoms with Gasteiger partial charge in [0.2, 0.25) is 11.8 Å². The van der Waals surface area contributed by atoms with Crippen molar-refractivity contribution >= 4 is 10.4 Å². The van der Waals surface area contributed by atoms with Gasteiger partial charge in [-0.2, -0.15) is 8.42 Å². The van der Waals surface area contributed by atoms with Crippen molar-refractivity contribution in [3.8, 4) is 0 Å². The van der Waals surface area contributed by atoms with Crippen molar-refractivity contribution in [2.24, 2.45) is 11.5 Å². The Morgan fingerprint density at radius 2 is 0.941 bits per heavy atom. The van der Waals surface area contributed by atoms with E-state index in [9.17, 15) is 0 Å². The highest BCUT2D eigenvalue weighted by molar-refractivity contribution is 7.79. The Balaban J connectivity index is -0.000000174. The Morgan fingerprint density at radius 3 is 0.941 bits per heavy atom. The zero-order chi connectivity index (χ0) is 14.9. The van der Waals surface area contributed by atoms with Gasteiger partial charge in [0.15, 0.2) is 0 Å². The molecule has 0 heterocycles. The van der Waals surface area contributed by atoms with Crippen LogP contribution in [-0.2, 0) is 10.4 Å². The smallest absolute Gasteiger partial charge is 0.354 e. The molecule has 10 nitrogen and oxygen atoms in total. The van der Waals surface area contributed by atoms with Crippen LogP contribution in [0.25, 0.3) is 0 Å². The SMILES string of the molecule is CCC(N)(O)O.CCC(N)(O)O.O=S(=O)(O)O. The molecule has 0 spiro atoms. The third-order valence-electron chi connectivity index (χ3n) is 1.04. The quantitative estimate of drug-likeness (QED) is 0.194. The summed E-state index contributed by atoms with van der Waals surface area (Å²) < 4.78 is 31.6. The van der Waals surface area contributed by atoms with Crippen LogP contribution in [0.15, 0.2) is 0 Å². The topological polar surface area (TPSA) is 208 Å². The molecular weight excluding hydrogens is 260 g/mol. The summed E-state index contributed by atoms with van der Waals surface area (Å²) in [6, 6.07) is 0. The first-order valence-corrected chi connectivity index (χ1v) is 5.69. The van der Waals surface area contributed by atoms with Gasteiger partial charge >= 0.3 is 10.4 Å². The maximum atomic E-state index is 8.74. The minimum Gasteiger partial charge on any atom is -0.354 e. The average molecular weight is 280 g/mol. The van der Waals surface area contributed by atoms with E-state index in [-0.39, 0.29) is 12.8 Å². The summed E-state index contributed by atoms with van der Waals surface area (Å²) in [7, 11) is -4.67. The first-order chi connectivity index (χ1) is 7.12. The van der Waals surface area contributed by atoms with Crippen LogP contribution < -0.4 is 11.5 Å². The first-order valence-electron chi connectivity index (χ1n) is 4.29. The van der Waals surface area contributed by atoms with Crippen molar-refractivity contribution in [1.82, 2.24) is 0 Å². The van der Waals surface area contributed by atoms with Crippen LogP contribution in [0.3, 0.4) is 0 Å². The van der Waals surface area contributed by atoms with E-state index in [1.165, 1.54) is 0 Å². The Labute approximate surface area is 99.1 Å². The highest BCUT2D eigenvalue weighted by atomic mass is 32.3. The van der Waals surface area contributed by atoms with Gasteiger partial charge in [-0.1, -0.05) is 13.8 Å². The van der Waals surface area contributed by atoms with E-state index >= 15 is 0 Å². The molecule has 0 saturated heterocycles. The number of nitrogens with two attached hydrogens (primary N) is 2. The molecular formula is C6H20N2O8S. The molecule has 108 valence electrons. The minimum absolute atomic E-state index is 0.160. The Kier molecular flexibility index (Phi) is 11.2. The Morgan fingerprint density at radius 1 is 0.882 bits per heavy atom. The molecule has 0 aliphatic carbocycles. The third kappa shape index (κ3) is 91.6. The Hall–Kier alpha value is -0.370. The van der Waals surface area contributed by atoms with Gasteiger partial charge in [-0.05, 0) is 0 Å². The molecule has 0 aromatic heterocycles. The molecule has 0 fully saturated rings. The van der Waals surface area contributed by atoms with Crippen molar-refractivity contribution in [3.63, 3.8) is 0 Å². The molecule has 0 aromatic rings. The van der Waals surface area contributed by atoms with E-state index in [2.05, 4.69) is 11.5 Å². The van der Waals surface area contributed by atoms with Gasteiger partial charge < -0.3 is 20.4 Å². The fourth-order valence-corrected chi connectivity index (χ4v) is 0. The normalized spacial score (nSPS) is 11.9. The van der Waals surface area contributed by atoms with Gasteiger partial charge in [0, 0.05) is 12.8 Å². The van der Waals surface area contributed by atoms with Crippen molar-refractivity contribution in [1.29, 1.82) is 0 Å². The van der Waals surface area contributed by atoms with Gasteiger partial charge in [-0.15, -0.1) is 0 Å². The molecule has 17 heavy (non-hydrogen) atoms.